The first-order valence-corrected chi connectivity index (χ1v) is 7.84. The molecule has 1 saturated heterocycles. The summed E-state index contributed by atoms with van der Waals surface area (Å²) in [6.45, 7) is 11.4. The second-order valence-electron chi connectivity index (χ2n) is 7.13. The number of aromatic nitrogens is 1. The summed E-state index contributed by atoms with van der Waals surface area (Å²) in [5, 5.41) is 0. The molecule has 1 aliphatic rings. The number of benzene rings is 1. The van der Waals surface area contributed by atoms with Crippen LogP contribution in [0.4, 0.5) is 0 Å². The van der Waals surface area contributed by atoms with Gasteiger partial charge in [0.05, 0.1) is 11.2 Å². The van der Waals surface area contributed by atoms with Crippen LogP contribution < -0.4 is 5.46 Å². The van der Waals surface area contributed by atoms with E-state index in [1.54, 1.807) is 0 Å². The number of rotatable bonds is 3. The smallest absolute Gasteiger partial charge is 0.399 e. The van der Waals surface area contributed by atoms with E-state index < -0.39 is 0 Å². The van der Waals surface area contributed by atoms with E-state index in [0.717, 1.165) is 12.0 Å². The predicted molar refractivity (Wildman–Crippen MR) is 90.4 cm³/mol. The molecule has 1 aromatic carbocycles. The second-order valence-corrected chi connectivity index (χ2v) is 7.13. The zero-order valence-corrected chi connectivity index (χ0v) is 14.1. The summed E-state index contributed by atoms with van der Waals surface area (Å²) in [4.78, 5) is 0. The van der Waals surface area contributed by atoms with Crippen molar-refractivity contribution in [3.8, 4) is 0 Å². The van der Waals surface area contributed by atoms with Crippen molar-refractivity contribution < 1.29 is 9.31 Å². The minimum atomic E-state index is -0.298. The average Bonchev–Trinajstić information content (AvgIpc) is 2.96. The van der Waals surface area contributed by atoms with Gasteiger partial charge in [0.25, 0.3) is 0 Å². The van der Waals surface area contributed by atoms with E-state index in [-0.39, 0.29) is 18.3 Å². The van der Waals surface area contributed by atoms with Gasteiger partial charge in [0.1, 0.15) is 0 Å². The Morgan fingerprint density at radius 1 is 1.00 bits per heavy atom. The molecule has 0 aliphatic carbocycles. The molecule has 3 rings (SSSR count). The highest BCUT2D eigenvalue weighted by Crippen LogP contribution is 2.36. The maximum Gasteiger partial charge on any atom is 0.495 e. The summed E-state index contributed by atoms with van der Waals surface area (Å²) in [5.41, 5.74) is 3.02. The molecule has 22 heavy (non-hydrogen) atoms. The Balaban J connectivity index is 1.81. The van der Waals surface area contributed by atoms with Crippen LogP contribution >= 0.6 is 0 Å². The molecule has 0 saturated carbocycles. The van der Waals surface area contributed by atoms with Gasteiger partial charge in [-0.25, -0.2) is 0 Å². The van der Waals surface area contributed by atoms with Crippen LogP contribution in [-0.2, 0) is 15.9 Å². The molecule has 0 atom stereocenters. The Morgan fingerprint density at radius 3 is 2.14 bits per heavy atom. The lowest BCUT2D eigenvalue weighted by Crippen LogP contribution is -2.41. The summed E-state index contributed by atoms with van der Waals surface area (Å²) in [6, 6.07) is 10.6. The van der Waals surface area contributed by atoms with Crippen molar-refractivity contribution in [2.45, 2.75) is 52.4 Å². The van der Waals surface area contributed by atoms with Crippen molar-refractivity contribution in [2.24, 2.45) is 0 Å². The zero-order valence-electron chi connectivity index (χ0n) is 14.1. The van der Waals surface area contributed by atoms with Crippen molar-refractivity contribution in [3.63, 3.8) is 0 Å². The van der Waals surface area contributed by atoms with Crippen molar-refractivity contribution in [2.75, 3.05) is 0 Å². The Labute approximate surface area is 133 Å². The highest BCUT2D eigenvalue weighted by atomic mass is 16.7. The van der Waals surface area contributed by atoms with Crippen LogP contribution in [0, 0.1) is 6.92 Å². The number of aryl methyl sites for hydroxylation is 1. The first-order valence-electron chi connectivity index (χ1n) is 7.84. The normalized spacial score (nSPS) is 19.6. The molecule has 3 nitrogen and oxygen atoms in total. The monoisotopic (exact) mass is 297 g/mol. The molecule has 0 N–H and O–H groups in total. The molecule has 0 spiro atoms. The molecule has 0 bridgehead atoms. The van der Waals surface area contributed by atoms with E-state index in [9.17, 15) is 0 Å². The summed E-state index contributed by atoms with van der Waals surface area (Å²) >= 11 is 0. The molecular weight excluding hydrogens is 273 g/mol. The number of hydrogen-bond acceptors (Lipinski definition) is 2. The van der Waals surface area contributed by atoms with Gasteiger partial charge in [0.15, 0.2) is 0 Å². The lowest BCUT2D eigenvalue weighted by molar-refractivity contribution is 0.00578. The van der Waals surface area contributed by atoms with E-state index in [0.29, 0.717) is 0 Å². The Bertz CT molecular complexity index is 646. The van der Waals surface area contributed by atoms with Gasteiger partial charge in [0, 0.05) is 18.9 Å². The standard InChI is InChI=1S/C18H24BNO2/c1-14-12-15(13-20-10-6-7-11-20)8-9-16(14)19-21-17(2,3)18(4,5)22-19/h6-12H,13H2,1-5H3. The molecule has 2 heterocycles. The van der Waals surface area contributed by atoms with Crippen LogP contribution in [0.3, 0.4) is 0 Å². The minimum Gasteiger partial charge on any atom is -0.399 e. The number of nitrogens with zero attached hydrogens (tertiary/aromatic N) is 1. The number of hydrogen-bond donors (Lipinski definition) is 0. The third-order valence-electron chi connectivity index (χ3n) is 4.87. The van der Waals surface area contributed by atoms with Gasteiger partial charge in [-0.15, -0.1) is 0 Å². The minimum absolute atomic E-state index is 0.286. The first kappa shape index (κ1) is 15.4. The highest BCUT2D eigenvalue weighted by Gasteiger charge is 2.51. The van der Waals surface area contributed by atoms with Crippen LogP contribution in [-0.4, -0.2) is 22.9 Å². The van der Waals surface area contributed by atoms with Crippen LogP contribution in [0.15, 0.2) is 42.7 Å². The van der Waals surface area contributed by atoms with E-state index in [2.05, 4.69) is 69.8 Å². The van der Waals surface area contributed by atoms with E-state index in [4.69, 9.17) is 9.31 Å². The van der Waals surface area contributed by atoms with E-state index >= 15 is 0 Å². The van der Waals surface area contributed by atoms with Crippen molar-refractivity contribution >= 4 is 12.6 Å². The largest absolute Gasteiger partial charge is 0.495 e. The molecule has 1 fully saturated rings. The van der Waals surface area contributed by atoms with Crippen LogP contribution in [0.25, 0.3) is 0 Å². The first-order chi connectivity index (χ1) is 10.3. The maximum atomic E-state index is 6.15. The summed E-state index contributed by atoms with van der Waals surface area (Å²) in [5.74, 6) is 0. The quantitative estimate of drug-likeness (QED) is 0.813. The van der Waals surface area contributed by atoms with Gasteiger partial charge in [-0.2, -0.15) is 0 Å². The predicted octanol–water partition coefficient (Wildman–Crippen LogP) is 3.14. The molecule has 4 heteroatoms. The maximum absolute atomic E-state index is 6.15. The SMILES string of the molecule is Cc1cc(Cn2cccc2)ccc1B1OC(C)(C)C(C)(C)O1. The molecule has 0 amide bonds. The fraction of sp³-hybridized carbons (Fsp3) is 0.444. The lowest BCUT2D eigenvalue weighted by Gasteiger charge is -2.32. The third kappa shape index (κ3) is 2.73. The Hall–Kier alpha value is -1.52. The topological polar surface area (TPSA) is 23.4 Å². The van der Waals surface area contributed by atoms with Crippen molar-refractivity contribution in [1.29, 1.82) is 0 Å². The van der Waals surface area contributed by atoms with E-state index in [1.807, 2.05) is 12.1 Å². The van der Waals surface area contributed by atoms with Gasteiger partial charge < -0.3 is 13.9 Å². The molecule has 2 aromatic rings. The molecule has 0 radical (unpaired) electrons. The van der Waals surface area contributed by atoms with Crippen molar-refractivity contribution in [1.82, 2.24) is 4.57 Å². The lowest BCUT2D eigenvalue weighted by atomic mass is 9.76. The zero-order chi connectivity index (χ0) is 16.0. The van der Waals surface area contributed by atoms with Crippen molar-refractivity contribution in [3.05, 3.63) is 53.9 Å². The van der Waals surface area contributed by atoms with Gasteiger partial charge in [-0.1, -0.05) is 23.8 Å². The Kier molecular flexibility index (Phi) is 3.70. The average molecular weight is 297 g/mol. The van der Waals surface area contributed by atoms with Crippen LogP contribution in [0.2, 0.25) is 0 Å². The van der Waals surface area contributed by atoms with E-state index in [1.165, 1.54) is 11.1 Å². The molecular formula is C18H24BNO2. The summed E-state index contributed by atoms with van der Waals surface area (Å²) < 4.78 is 14.5. The van der Waals surface area contributed by atoms with Gasteiger partial charge in [0.2, 0.25) is 0 Å². The third-order valence-corrected chi connectivity index (χ3v) is 4.87. The van der Waals surface area contributed by atoms with Crippen LogP contribution in [0.1, 0.15) is 38.8 Å². The molecule has 116 valence electrons. The van der Waals surface area contributed by atoms with Crippen LogP contribution in [0.5, 0.6) is 0 Å². The fourth-order valence-electron chi connectivity index (χ4n) is 2.76. The molecule has 1 aromatic heterocycles. The Morgan fingerprint density at radius 2 is 1.59 bits per heavy atom. The van der Waals surface area contributed by atoms with Gasteiger partial charge in [-0.05, 0) is 57.8 Å². The molecule has 0 unspecified atom stereocenters. The fourth-order valence-corrected chi connectivity index (χ4v) is 2.76. The van der Waals surface area contributed by atoms with Gasteiger partial charge in [-0.3, -0.25) is 0 Å². The summed E-state index contributed by atoms with van der Waals surface area (Å²) in [7, 11) is -0.286. The summed E-state index contributed by atoms with van der Waals surface area (Å²) in [6.07, 6.45) is 4.16. The molecule has 1 aliphatic heterocycles. The van der Waals surface area contributed by atoms with Gasteiger partial charge >= 0.3 is 7.12 Å². The second kappa shape index (κ2) is 5.29. The highest BCUT2D eigenvalue weighted by molar-refractivity contribution is 6.62.